The minimum absolute atomic E-state index is 0. The van der Waals surface area contributed by atoms with Gasteiger partial charge < -0.3 is 5.73 Å². The maximum Gasteiger partial charge on any atom is 0.123 e. The maximum atomic E-state index is 12.0. The van der Waals surface area contributed by atoms with Crippen LogP contribution in [0.4, 0.5) is 10.1 Å². The lowest BCUT2D eigenvalue weighted by molar-refractivity contribution is 0.628. The summed E-state index contributed by atoms with van der Waals surface area (Å²) < 4.78 is 12.0. The van der Waals surface area contributed by atoms with Gasteiger partial charge in [0.25, 0.3) is 0 Å². The first-order chi connectivity index (χ1) is 5.20. The zero-order chi connectivity index (χ0) is 8.69. The van der Waals surface area contributed by atoms with Crippen molar-refractivity contribution >= 4 is 5.69 Å². The van der Waals surface area contributed by atoms with E-state index in [-0.39, 0.29) is 7.24 Å². The number of hydrogen-bond acceptors (Lipinski definition) is 1. The standard InChI is InChI=1S/C6H6FN.C3H8.H2/c7-5-1-3-6(8)4-2-5;1-3-2;/h1-4H,8H2;3H2,1-2H3;1H. The Morgan fingerprint density at radius 1 is 1.27 bits per heavy atom. The van der Waals surface area contributed by atoms with Crippen molar-refractivity contribution in [3.8, 4) is 0 Å². The number of nitrogens with two attached hydrogens (primary N) is 1. The number of nitrogen functional groups attached to an aromatic ring is 1. The van der Waals surface area contributed by atoms with Crippen molar-refractivity contribution in [1.82, 2.24) is 0 Å². The number of anilines is 1. The fourth-order valence-electron chi connectivity index (χ4n) is 0.463. The predicted octanol–water partition coefficient (Wildman–Crippen LogP) is 3.07. The predicted molar refractivity (Wildman–Crippen MR) is 48.9 cm³/mol. The van der Waals surface area contributed by atoms with E-state index < -0.39 is 0 Å². The van der Waals surface area contributed by atoms with Crippen molar-refractivity contribution in [2.24, 2.45) is 0 Å². The quantitative estimate of drug-likeness (QED) is 0.575. The van der Waals surface area contributed by atoms with Gasteiger partial charge in [0.1, 0.15) is 5.82 Å². The van der Waals surface area contributed by atoms with Gasteiger partial charge in [-0.1, -0.05) is 20.3 Å². The van der Waals surface area contributed by atoms with Crippen molar-refractivity contribution in [3.63, 3.8) is 0 Å². The molecule has 0 atom stereocenters. The molecule has 0 amide bonds. The van der Waals surface area contributed by atoms with E-state index in [0.29, 0.717) is 5.69 Å². The molecule has 1 aromatic rings. The van der Waals surface area contributed by atoms with Crippen molar-refractivity contribution < 1.29 is 5.82 Å². The Morgan fingerprint density at radius 2 is 1.64 bits per heavy atom. The van der Waals surface area contributed by atoms with Crippen LogP contribution in [0.1, 0.15) is 21.7 Å². The highest BCUT2D eigenvalue weighted by atomic mass is 19.1. The highest BCUT2D eigenvalue weighted by molar-refractivity contribution is 5.36. The monoisotopic (exact) mass is 157 g/mol. The summed E-state index contributed by atoms with van der Waals surface area (Å²) in [6.45, 7) is 4.25. The largest absolute Gasteiger partial charge is 0.399 e. The number of benzene rings is 1. The van der Waals surface area contributed by atoms with Crippen molar-refractivity contribution in [2.75, 3.05) is 5.73 Å². The molecule has 0 fully saturated rings. The second-order valence-corrected chi connectivity index (χ2v) is 2.26. The van der Waals surface area contributed by atoms with Crippen LogP contribution in [0.2, 0.25) is 0 Å². The normalized spacial score (nSPS) is 8.27. The van der Waals surface area contributed by atoms with Gasteiger partial charge in [-0.05, 0) is 24.3 Å². The summed E-state index contributed by atoms with van der Waals surface area (Å²) >= 11 is 0. The summed E-state index contributed by atoms with van der Waals surface area (Å²) in [4.78, 5) is 0. The van der Waals surface area contributed by atoms with Gasteiger partial charge in [0, 0.05) is 7.11 Å². The lowest BCUT2D eigenvalue weighted by atomic mass is 10.3. The first-order valence-electron chi connectivity index (χ1n) is 3.71. The summed E-state index contributed by atoms with van der Waals surface area (Å²) in [5, 5.41) is 0. The minimum Gasteiger partial charge on any atom is -0.399 e. The molecule has 1 nitrogen and oxygen atoms in total. The third-order valence-corrected chi connectivity index (χ3v) is 0.870. The molecule has 0 radical (unpaired) electrons. The smallest absolute Gasteiger partial charge is 0.123 e. The Bertz CT molecular complexity index is 165. The molecule has 0 saturated heterocycles. The van der Waals surface area contributed by atoms with Gasteiger partial charge in [0.2, 0.25) is 0 Å². The molecule has 0 heterocycles. The molecule has 1 rings (SSSR count). The first kappa shape index (κ1) is 9.95. The lowest BCUT2D eigenvalue weighted by Crippen LogP contribution is -1.82. The van der Waals surface area contributed by atoms with Crippen LogP contribution < -0.4 is 5.73 Å². The van der Waals surface area contributed by atoms with Gasteiger partial charge in [0.05, 0.1) is 0 Å². The fraction of sp³-hybridized carbons (Fsp3) is 0.333. The second-order valence-electron chi connectivity index (χ2n) is 2.26. The molecule has 64 valence electrons. The van der Waals surface area contributed by atoms with E-state index >= 15 is 0 Å². The van der Waals surface area contributed by atoms with Gasteiger partial charge in [-0.2, -0.15) is 0 Å². The van der Waals surface area contributed by atoms with E-state index in [2.05, 4.69) is 13.8 Å². The van der Waals surface area contributed by atoms with Crippen LogP contribution in [0.15, 0.2) is 24.3 Å². The topological polar surface area (TPSA) is 26.0 Å². The lowest BCUT2D eigenvalue weighted by Gasteiger charge is -1.87. The second kappa shape index (κ2) is 5.71. The van der Waals surface area contributed by atoms with Crippen LogP contribution in [-0.4, -0.2) is 0 Å². The van der Waals surface area contributed by atoms with Crippen molar-refractivity contribution in [3.05, 3.63) is 30.1 Å². The van der Waals surface area contributed by atoms with Crippen LogP contribution in [0.5, 0.6) is 0 Å². The van der Waals surface area contributed by atoms with Crippen molar-refractivity contribution in [2.45, 2.75) is 20.3 Å². The molecule has 0 aromatic heterocycles. The summed E-state index contributed by atoms with van der Waals surface area (Å²) in [5.74, 6) is -0.251. The molecule has 0 aliphatic heterocycles. The van der Waals surface area contributed by atoms with E-state index in [1.54, 1.807) is 0 Å². The molecular formula is C9H16FN. The molecular weight excluding hydrogens is 141 g/mol. The molecule has 11 heavy (non-hydrogen) atoms. The Balaban J connectivity index is 0. The van der Waals surface area contributed by atoms with E-state index in [1.165, 1.54) is 30.7 Å². The summed E-state index contributed by atoms with van der Waals surface area (Å²) in [6.07, 6.45) is 1.25. The van der Waals surface area contributed by atoms with E-state index in [1.807, 2.05) is 0 Å². The summed E-state index contributed by atoms with van der Waals surface area (Å²) in [5.41, 5.74) is 5.85. The molecule has 0 spiro atoms. The average molecular weight is 157 g/mol. The van der Waals surface area contributed by atoms with Gasteiger partial charge >= 0.3 is 0 Å². The van der Waals surface area contributed by atoms with E-state index in [9.17, 15) is 4.39 Å². The SMILES string of the molecule is CCC.Nc1ccc(F)cc1.[HH]. The molecule has 2 heteroatoms. The molecule has 0 aliphatic carbocycles. The summed E-state index contributed by atoms with van der Waals surface area (Å²) in [7, 11) is 0. The highest BCUT2D eigenvalue weighted by Crippen LogP contribution is 2.01. The summed E-state index contributed by atoms with van der Waals surface area (Å²) in [6, 6.07) is 5.70. The maximum absolute atomic E-state index is 12.0. The molecule has 0 saturated carbocycles. The van der Waals surface area contributed by atoms with Gasteiger partial charge in [-0.3, -0.25) is 0 Å². The van der Waals surface area contributed by atoms with Crippen molar-refractivity contribution in [1.29, 1.82) is 0 Å². The zero-order valence-corrected chi connectivity index (χ0v) is 6.97. The molecule has 0 bridgehead atoms. The number of hydrogen-bond donors (Lipinski definition) is 1. The Kier molecular flexibility index (Phi) is 5.17. The Hall–Kier alpha value is -1.05. The van der Waals surface area contributed by atoms with Crippen LogP contribution in [0.3, 0.4) is 0 Å². The van der Waals surface area contributed by atoms with Gasteiger partial charge in [0.15, 0.2) is 0 Å². The Labute approximate surface area is 68.5 Å². The number of rotatable bonds is 0. The molecule has 0 unspecified atom stereocenters. The third-order valence-electron chi connectivity index (χ3n) is 0.870. The molecule has 1 aromatic carbocycles. The van der Waals surface area contributed by atoms with E-state index in [0.717, 1.165) is 0 Å². The number of halogens is 1. The minimum atomic E-state index is -0.251. The van der Waals surface area contributed by atoms with Gasteiger partial charge in [-0.15, -0.1) is 0 Å². The van der Waals surface area contributed by atoms with Crippen LogP contribution in [0.25, 0.3) is 0 Å². The fourth-order valence-corrected chi connectivity index (χ4v) is 0.463. The average Bonchev–Trinajstić information content (AvgIpc) is 1.97. The zero-order valence-electron chi connectivity index (χ0n) is 6.97. The first-order valence-corrected chi connectivity index (χ1v) is 3.71. The van der Waals surface area contributed by atoms with E-state index in [4.69, 9.17) is 5.73 Å². The molecule has 0 aliphatic rings. The Morgan fingerprint density at radius 3 is 1.91 bits per heavy atom. The van der Waals surface area contributed by atoms with Crippen LogP contribution in [-0.2, 0) is 0 Å². The third kappa shape index (κ3) is 5.40. The van der Waals surface area contributed by atoms with Crippen LogP contribution in [0, 0.1) is 5.82 Å². The van der Waals surface area contributed by atoms with Crippen LogP contribution >= 0.6 is 0 Å². The van der Waals surface area contributed by atoms with Gasteiger partial charge in [-0.25, -0.2) is 4.39 Å². The molecule has 2 N–H and O–H groups in total. The highest BCUT2D eigenvalue weighted by Gasteiger charge is 1.83.